The first kappa shape index (κ1) is 16.6. The van der Waals surface area contributed by atoms with Gasteiger partial charge in [0.1, 0.15) is 23.9 Å². The molecule has 1 aliphatic rings. The Morgan fingerprint density at radius 3 is 2.42 bits per heavy atom. The Kier molecular flexibility index (Phi) is 5.54. The topological polar surface area (TPSA) is 24.9 Å². The lowest BCUT2D eigenvalue weighted by atomic mass is 10.2. The number of ether oxygens (including phenoxy) is 2. The quantitative estimate of drug-likeness (QED) is 0.813. The number of rotatable bonds is 6. The van der Waals surface area contributed by atoms with E-state index in [4.69, 9.17) is 9.47 Å². The number of nitrogens with zero attached hydrogens (tertiary/aromatic N) is 2. The van der Waals surface area contributed by atoms with E-state index < -0.39 is 0 Å². The van der Waals surface area contributed by atoms with Crippen LogP contribution >= 0.6 is 0 Å². The maximum absolute atomic E-state index is 12.8. The Morgan fingerprint density at radius 1 is 0.958 bits per heavy atom. The van der Waals surface area contributed by atoms with Gasteiger partial charge >= 0.3 is 0 Å². The van der Waals surface area contributed by atoms with E-state index in [1.165, 1.54) is 17.8 Å². The molecule has 1 heterocycles. The molecule has 0 saturated carbocycles. The predicted molar refractivity (Wildman–Crippen MR) is 93.5 cm³/mol. The summed E-state index contributed by atoms with van der Waals surface area (Å²) in [6.45, 7) is 5.48. The van der Waals surface area contributed by atoms with Gasteiger partial charge in [-0.3, -0.25) is 4.90 Å². The molecule has 0 radical (unpaired) electrons. The van der Waals surface area contributed by atoms with Gasteiger partial charge in [0.05, 0.1) is 7.11 Å². The van der Waals surface area contributed by atoms with Crippen LogP contribution in [0.5, 0.6) is 11.5 Å². The van der Waals surface area contributed by atoms with Crippen LogP contribution in [0.15, 0.2) is 48.5 Å². The van der Waals surface area contributed by atoms with Crippen LogP contribution in [0.3, 0.4) is 0 Å². The number of hydrogen-bond acceptors (Lipinski definition) is 4. The molecule has 0 aromatic heterocycles. The van der Waals surface area contributed by atoms with Crippen LogP contribution in [0.1, 0.15) is 0 Å². The lowest BCUT2D eigenvalue weighted by Crippen LogP contribution is -2.47. The molecule has 1 saturated heterocycles. The Morgan fingerprint density at radius 2 is 1.71 bits per heavy atom. The summed E-state index contributed by atoms with van der Waals surface area (Å²) in [5.74, 6) is 1.37. The largest absolute Gasteiger partial charge is 0.497 e. The molecule has 2 aromatic carbocycles. The first-order valence-electron chi connectivity index (χ1n) is 8.24. The van der Waals surface area contributed by atoms with E-state index in [9.17, 15) is 4.39 Å². The van der Waals surface area contributed by atoms with Gasteiger partial charge in [0.15, 0.2) is 0 Å². The number of anilines is 1. The van der Waals surface area contributed by atoms with E-state index in [1.807, 2.05) is 12.1 Å². The normalized spacial score (nSPS) is 15.3. The van der Waals surface area contributed by atoms with E-state index in [0.29, 0.717) is 12.4 Å². The van der Waals surface area contributed by atoms with Gasteiger partial charge in [-0.2, -0.15) is 0 Å². The van der Waals surface area contributed by atoms with Crippen LogP contribution in [0.2, 0.25) is 0 Å². The van der Waals surface area contributed by atoms with Crippen LogP contribution in [-0.4, -0.2) is 51.3 Å². The average Bonchev–Trinajstić information content (AvgIpc) is 2.64. The monoisotopic (exact) mass is 330 g/mol. The van der Waals surface area contributed by atoms with Crippen LogP contribution in [0, 0.1) is 5.82 Å². The van der Waals surface area contributed by atoms with Gasteiger partial charge in [0, 0.05) is 44.5 Å². The fourth-order valence-corrected chi connectivity index (χ4v) is 2.86. The highest BCUT2D eigenvalue weighted by molar-refractivity contribution is 5.51. The van der Waals surface area contributed by atoms with Crippen molar-refractivity contribution in [2.24, 2.45) is 0 Å². The Labute approximate surface area is 142 Å². The summed E-state index contributed by atoms with van der Waals surface area (Å²) in [5, 5.41) is 0. The molecule has 1 aliphatic heterocycles. The number of piperazine rings is 1. The van der Waals surface area contributed by atoms with Crippen molar-refractivity contribution in [2.45, 2.75) is 0 Å². The second-order valence-corrected chi connectivity index (χ2v) is 5.83. The minimum Gasteiger partial charge on any atom is -0.497 e. The smallest absolute Gasteiger partial charge is 0.123 e. The summed E-state index contributed by atoms with van der Waals surface area (Å²) in [4.78, 5) is 4.76. The van der Waals surface area contributed by atoms with E-state index in [0.717, 1.165) is 38.5 Å². The van der Waals surface area contributed by atoms with Crippen molar-refractivity contribution < 1.29 is 13.9 Å². The third-order valence-corrected chi connectivity index (χ3v) is 4.28. The standard InChI is InChI=1S/C19H23FN2O2/c1-23-19-4-2-3-17(15-19)22-11-9-21(10-12-22)13-14-24-18-7-5-16(20)6-8-18/h2-8,15H,9-14H2,1H3. The molecule has 0 atom stereocenters. The Hall–Kier alpha value is -2.27. The zero-order chi connectivity index (χ0) is 16.8. The zero-order valence-electron chi connectivity index (χ0n) is 14.0. The molecule has 5 heteroatoms. The van der Waals surface area contributed by atoms with Crippen molar-refractivity contribution in [2.75, 3.05) is 51.3 Å². The van der Waals surface area contributed by atoms with E-state index in [2.05, 4.69) is 21.9 Å². The number of benzene rings is 2. The third-order valence-electron chi connectivity index (χ3n) is 4.28. The van der Waals surface area contributed by atoms with Crippen LogP contribution in [0.4, 0.5) is 10.1 Å². The molecule has 0 bridgehead atoms. The molecule has 4 nitrogen and oxygen atoms in total. The van der Waals surface area contributed by atoms with Gasteiger partial charge in [0.2, 0.25) is 0 Å². The molecule has 0 N–H and O–H groups in total. The number of hydrogen-bond donors (Lipinski definition) is 0. The summed E-state index contributed by atoms with van der Waals surface area (Å²) in [7, 11) is 1.69. The molecule has 3 rings (SSSR count). The molecule has 0 unspecified atom stereocenters. The van der Waals surface area contributed by atoms with Gasteiger partial charge < -0.3 is 14.4 Å². The lowest BCUT2D eigenvalue weighted by Gasteiger charge is -2.36. The van der Waals surface area contributed by atoms with Gasteiger partial charge in [-0.15, -0.1) is 0 Å². The molecule has 0 aliphatic carbocycles. The Bertz CT molecular complexity index is 640. The lowest BCUT2D eigenvalue weighted by molar-refractivity contribution is 0.200. The van der Waals surface area contributed by atoms with E-state index in [-0.39, 0.29) is 5.82 Å². The van der Waals surface area contributed by atoms with E-state index in [1.54, 1.807) is 19.2 Å². The van der Waals surface area contributed by atoms with Gasteiger partial charge in [0.25, 0.3) is 0 Å². The molecule has 128 valence electrons. The highest BCUT2D eigenvalue weighted by Gasteiger charge is 2.17. The van der Waals surface area contributed by atoms with Crippen molar-refractivity contribution in [3.05, 3.63) is 54.3 Å². The first-order chi connectivity index (χ1) is 11.7. The molecular weight excluding hydrogens is 307 g/mol. The van der Waals surface area contributed by atoms with Crippen LogP contribution in [0.25, 0.3) is 0 Å². The SMILES string of the molecule is COc1cccc(N2CCN(CCOc3ccc(F)cc3)CC2)c1. The zero-order valence-corrected chi connectivity index (χ0v) is 14.0. The minimum atomic E-state index is -0.240. The molecule has 2 aromatic rings. The fourth-order valence-electron chi connectivity index (χ4n) is 2.86. The van der Waals surface area contributed by atoms with Gasteiger partial charge in [-0.05, 0) is 36.4 Å². The summed E-state index contributed by atoms with van der Waals surface area (Å²) in [6, 6.07) is 14.4. The molecule has 0 amide bonds. The van der Waals surface area contributed by atoms with E-state index >= 15 is 0 Å². The third kappa shape index (κ3) is 4.38. The van der Waals surface area contributed by atoms with Crippen LogP contribution < -0.4 is 14.4 Å². The second-order valence-electron chi connectivity index (χ2n) is 5.83. The first-order valence-corrected chi connectivity index (χ1v) is 8.24. The molecule has 1 fully saturated rings. The highest BCUT2D eigenvalue weighted by atomic mass is 19.1. The van der Waals surface area contributed by atoms with Crippen molar-refractivity contribution in [1.82, 2.24) is 4.90 Å². The average molecular weight is 330 g/mol. The van der Waals surface area contributed by atoms with Crippen molar-refractivity contribution in [3.8, 4) is 11.5 Å². The van der Waals surface area contributed by atoms with Crippen molar-refractivity contribution >= 4 is 5.69 Å². The minimum absolute atomic E-state index is 0.240. The summed E-state index contributed by atoms with van der Waals surface area (Å²) in [6.07, 6.45) is 0. The molecule has 24 heavy (non-hydrogen) atoms. The number of methoxy groups -OCH3 is 1. The Balaban J connectivity index is 1.42. The van der Waals surface area contributed by atoms with Gasteiger partial charge in [-0.1, -0.05) is 6.07 Å². The van der Waals surface area contributed by atoms with Gasteiger partial charge in [-0.25, -0.2) is 4.39 Å². The maximum Gasteiger partial charge on any atom is 0.123 e. The van der Waals surface area contributed by atoms with Crippen LogP contribution in [-0.2, 0) is 0 Å². The van der Waals surface area contributed by atoms with Crippen molar-refractivity contribution in [1.29, 1.82) is 0 Å². The molecule has 0 spiro atoms. The fraction of sp³-hybridized carbons (Fsp3) is 0.368. The summed E-state index contributed by atoms with van der Waals surface area (Å²) < 4.78 is 23.8. The predicted octanol–water partition coefficient (Wildman–Crippen LogP) is 3.04. The molecular formula is C19H23FN2O2. The highest BCUT2D eigenvalue weighted by Crippen LogP contribution is 2.22. The second kappa shape index (κ2) is 8.02. The maximum atomic E-state index is 12.8. The summed E-state index contributed by atoms with van der Waals surface area (Å²) in [5.41, 5.74) is 1.21. The van der Waals surface area contributed by atoms with Crippen molar-refractivity contribution in [3.63, 3.8) is 0 Å². The summed E-state index contributed by atoms with van der Waals surface area (Å²) >= 11 is 0. The number of halogens is 1.